The molecule has 0 atom stereocenters. The van der Waals surface area contributed by atoms with Crippen LogP contribution in [0.15, 0.2) is 55.1 Å². The van der Waals surface area contributed by atoms with Gasteiger partial charge in [-0.1, -0.05) is 29.0 Å². The number of hydrogen-bond acceptors (Lipinski definition) is 5. The van der Waals surface area contributed by atoms with Gasteiger partial charge in [0.15, 0.2) is 5.13 Å². The Balaban J connectivity index is 0.00000272. The Morgan fingerprint density at radius 3 is 2.87 bits per heavy atom. The van der Waals surface area contributed by atoms with E-state index in [2.05, 4.69) is 9.97 Å². The molecule has 10 heteroatoms. The number of methoxy groups -OCH3 is 1. The van der Waals surface area contributed by atoms with E-state index in [0.717, 1.165) is 4.70 Å². The van der Waals surface area contributed by atoms with E-state index in [-0.39, 0.29) is 23.9 Å². The number of rotatable bonds is 7. The van der Waals surface area contributed by atoms with Gasteiger partial charge in [-0.2, -0.15) is 0 Å². The van der Waals surface area contributed by atoms with Gasteiger partial charge < -0.3 is 9.30 Å². The second-order valence-corrected chi connectivity index (χ2v) is 7.93. The van der Waals surface area contributed by atoms with Gasteiger partial charge in [0.05, 0.1) is 23.2 Å². The number of ether oxygens (including phenoxy) is 1. The number of fused-ring (bicyclic) bond motifs is 1. The third kappa shape index (κ3) is 4.98. The summed E-state index contributed by atoms with van der Waals surface area (Å²) in [5.41, 5.74) is 0.853. The van der Waals surface area contributed by atoms with Crippen molar-refractivity contribution in [2.45, 2.75) is 13.0 Å². The Hall–Kier alpha value is -2.68. The Kier molecular flexibility index (Phi) is 7.48. The van der Waals surface area contributed by atoms with Crippen LogP contribution in [0.1, 0.15) is 16.8 Å². The highest BCUT2D eigenvalue weighted by molar-refractivity contribution is 7.23. The molecule has 162 valence electrons. The predicted octanol–water partition coefficient (Wildman–Crippen LogP) is 5.45. The zero-order valence-electron chi connectivity index (χ0n) is 16.5. The number of amides is 1. The number of carbonyl (C=O) groups excluding carboxylic acids is 1. The fourth-order valence-corrected chi connectivity index (χ4v) is 4.39. The minimum atomic E-state index is -0.465. The summed E-state index contributed by atoms with van der Waals surface area (Å²) in [4.78, 5) is 23.5. The van der Waals surface area contributed by atoms with Crippen LogP contribution in [0, 0.1) is 5.82 Å². The first-order valence-electron chi connectivity index (χ1n) is 9.23. The van der Waals surface area contributed by atoms with Crippen molar-refractivity contribution in [3.63, 3.8) is 0 Å². The maximum Gasteiger partial charge on any atom is 0.260 e. The molecule has 2 aromatic heterocycles. The summed E-state index contributed by atoms with van der Waals surface area (Å²) < 4.78 is 21.8. The van der Waals surface area contributed by atoms with Gasteiger partial charge in [-0.05, 0) is 36.8 Å². The van der Waals surface area contributed by atoms with Crippen molar-refractivity contribution in [3.05, 3.63) is 71.5 Å². The first-order valence-corrected chi connectivity index (χ1v) is 10.4. The number of aromatic nitrogens is 3. The molecule has 2 aromatic carbocycles. The Morgan fingerprint density at radius 1 is 1.32 bits per heavy atom. The molecule has 1 amide bonds. The second kappa shape index (κ2) is 10.1. The van der Waals surface area contributed by atoms with Crippen molar-refractivity contribution in [1.29, 1.82) is 0 Å². The molecule has 4 rings (SSSR count). The summed E-state index contributed by atoms with van der Waals surface area (Å²) in [6.07, 6.45) is 5.96. The van der Waals surface area contributed by atoms with Crippen LogP contribution in [-0.4, -0.2) is 34.1 Å². The van der Waals surface area contributed by atoms with Gasteiger partial charge >= 0.3 is 0 Å². The number of halogens is 3. The molecule has 4 aromatic rings. The van der Waals surface area contributed by atoms with E-state index in [1.165, 1.54) is 29.5 Å². The number of thiazole rings is 1. The van der Waals surface area contributed by atoms with Crippen LogP contribution >= 0.6 is 35.3 Å². The molecule has 0 aliphatic rings. The van der Waals surface area contributed by atoms with E-state index >= 15 is 0 Å². The predicted molar refractivity (Wildman–Crippen MR) is 123 cm³/mol. The van der Waals surface area contributed by atoms with Crippen molar-refractivity contribution in [2.75, 3.05) is 18.6 Å². The zero-order valence-corrected chi connectivity index (χ0v) is 18.9. The topological polar surface area (TPSA) is 60.2 Å². The molecule has 0 saturated heterocycles. The summed E-state index contributed by atoms with van der Waals surface area (Å²) >= 11 is 7.65. The van der Waals surface area contributed by atoms with Crippen LogP contribution in [0.25, 0.3) is 10.2 Å². The lowest BCUT2D eigenvalue weighted by molar-refractivity contribution is 0.0986. The number of carbonyl (C=O) groups is 1. The van der Waals surface area contributed by atoms with Crippen LogP contribution in [0.5, 0.6) is 5.75 Å². The third-order valence-corrected chi connectivity index (χ3v) is 6.11. The Bertz CT molecular complexity index is 1180. The van der Waals surface area contributed by atoms with Gasteiger partial charge in [0.25, 0.3) is 5.91 Å². The van der Waals surface area contributed by atoms with Crippen LogP contribution < -0.4 is 9.64 Å². The van der Waals surface area contributed by atoms with Gasteiger partial charge in [0.1, 0.15) is 17.1 Å². The monoisotopic (exact) mass is 480 g/mol. The summed E-state index contributed by atoms with van der Waals surface area (Å²) in [5, 5.41) is 1.02. The maximum atomic E-state index is 13.7. The average Bonchev–Trinajstić information content (AvgIpc) is 3.42. The molecule has 0 bridgehead atoms. The molecule has 2 heterocycles. The fraction of sp³-hybridized carbons (Fsp3) is 0.190. The zero-order chi connectivity index (χ0) is 21.1. The van der Waals surface area contributed by atoms with Gasteiger partial charge in [0.2, 0.25) is 0 Å². The van der Waals surface area contributed by atoms with Crippen molar-refractivity contribution in [1.82, 2.24) is 14.5 Å². The molecule has 6 nitrogen and oxygen atoms in total. The van der Waals surface area contributed by atoms with Crippen LogP contribution in [0.3, 0.4) is 0 Å². The van der Waals surface area contributed by atoms with Crippen LogP contribution in [0.4, 0.5) is 9.52 Å². The first-order chi connectivity index (χ1) is 14.6. The normalized spacial score (nSPS) is 10.7. The van der Waals surface area contributed by atoms with Gasteiger partial charge in [-0.15, -0.1) is 12.4 Å². The molecule has 0 radical (unpaired) electrons. The number of benzene rings is 2. The third-order valence-electron chi connectivity index (χ3n) is 4.57. The minimum Gasteiger partial charge on any atom is -0.494 e. The summed E-state index contributed by atoms with van der Waals surface area (Å²) in [6.45, 7) is 1.08. The largest absolute Gasteiger partial charge is 0.494 e. The molecular formula is C21H19Cl2FN4O2S. The van der Waals surface area contributed by atoms with E-state index < -0.39 is 5.82 Å². The van der Waals surface area contributed by atoms with E-state index in [0.29, 0.717) is 40.9 Å². The van der Waals surface area contributed by atoms with Crippen molar-refractivity contribution < 1.29 is 13.9 Å². The standard InChI is InChI=1S/C21H18ClFN4O2S.ClH/c1-29-17-7-6-16(22)19-18(17)25-21(30-19)27(10-3-9-26-11-8-24-13-26)20(28)14-4-2-5-15(23)12-14;/h2,4-8,11-13H,3,9-10H2,1H3;1H. The highest BCUT2D eigenvalue weighted by Gasteiger charge is 2.23. The van der Waals surface area contributed by atoms with Crippen LogP contribution in [0.2, 0.25) is 5.02 Å². The number of aryl methyl sites for hydroxylation is 1. The maximum absolute atomic E-state index is 13.7. The summed E-state index contributed by atoms with van der Waals surface area (Å²) in [7, 11) is 1.56. The minimum absolute atomic E-state index is 0. The molecule has 0 N–H and O–H groups in total. The number of nitrogens with zero attached hydrogens (tertiary/aromatic N) is 4. The molecule has 0 fully saturated rings. The molecular weight excluding hydrogens is 462 g/mol. The van der Waals surface area contributed by atoms with Crippen molar-refractivity contribution in [2.24, 2.45) is 0 Å². The number of anilines is 1. The van der Waals surface area contributed by atoms with Crippen molar-refractivity contribution in [3.8, 4) is 5.75 Å². The van der Waals surface area contributed by atoms with Crippen molar-refractivity contribution >= 4 is 56.6 Å². The molecule has 0 saturated carbocycles. The van der Waals surface area contributed by atoms with Gasteiger partial charge in [-0.3, -0.25) is 9.69 Å². The Labute approximate surface area is 193 Å². The van der Waals surface area contributed by atoms with Gasteiger partial charge in [0, 0.05) is 31.0 Å². The summed E-state index contributed by atoms with van der Waals surface area (Å²) in [6, 6.07) is 9.13. The molecule has 0 unspecified atom stereocenters. The molecule has 0 spiro atoms. The number of hydrogen-bond donors (Lipinski definition) is 0. The highest BCUT2D eigenvalue weighted by atomic mass is 35.5. The Morgan fingerprint density at radius 2 is 2.16 bits per heavy atom. The van der Waals surface area contributed by atoms with Crippen LogP contribution in [-0.2, 0) is 6.54 Å². The second-order valence-electron chi connectivity index (χ2n) is 6.55. The lowest BCUT2D eigenvalue weighted by Gasteiger charge is -2.20. The first kappa shape index (κ1) is 23.0. The number of imidazole rings is 1. The van der Waals surface area contributed by atoms with Gasteiger partial charge in [-0.25, -0.2) is 14.4 Å². The highest BCUT2D eigenvalue weighted by Crippen LogP contribution is 2.39. The van der Waals surface area contributed by atoms with E-state index in [4.69, 9.17) is 16.3 Å². The lowest BCUT2D eigenvalue weighted by Crippen LogP contribution is -2.32. The quantitative estimate of drug-likeness (QED) is 0.352. The lowest BCUT2D eigenvalue weighted by atomic mass is 10.2. The SMILES string of the molecule is COc1ccc(Cl)c2sc(N(CCCn3ccnc3)C(=O)c3cccc(F)c3)nc12.Cl. The van der Waals surface area contributed by atoms with E-state index in [1.807, 2.05) is 10.8 Å². The smallest absolute Gasteiger partial charge is 0.260 e. The molecule has 31 heavy (non-hydrogen) atoms. The van der Waals surface area contributed by atoms with E-state index in [9.17, 15) is 9.18 Å². The molecule has 0 aliphatic heterocycles. The average molecular weight is 481 g/mol. The molecule has 0 aliphatic carbocycles. The summed E-state index contributed by atoms with van der Waals surface area (Å²) in [5.74, 6) is -0.212. The van der Waals surface area contributed by atoms with E-state index in [1.54, 1.807) is 42.7 Å². The fourth-order valence-electron chi connectivity index (χ4n) is 3.11.